The first-order chi connectivity index (χ1) is 15.9. The third-order valence-electron chi connectivity index (χ3n) is 4.94. The molecule has 1 aromatic rings. The zero-order valence-electron chi connectivity index (χ0n) is 19.9. The number of nitrogens with zero attached hydrogens (tertiary/aromatic N) is 1. The summed E-state index contributed by atoms with van der Waals surface area (Å²) in [5.74, 6) is 0.512. The minimum absolute atomic E-state index is 0.0637. The van der Waals surface area contributed by atoms with Gasteiger partial charge < -0.3 is 27.9 Å². The second kappa shape index (κ2) is 13.8. The molecule has 11 heteroatoms. The fourth-order valence-electron chi connectivity index (χ4n) is 3.77. The van der Waals surface area contributed by atoms with Crippen molar-refractivity contribution in [2.24, 2.45) is 0 Å². The molecule has 0 radical (unpaired) electrons. The van der Waals surface area contributed by atoms with Crippen molar-refractivity contribution in [3.05, 3.63) is 47.7 Å². The zero-order valence-corrected chi connectivity index (χ0v) is 21.7. The van der Waals surface area contributed by atoms with Gasteiger partial charge in [-0.25, -0.2) is 0 Å². The molecule has 0 bridgehead atoms. The van der Waals surface area contributed by atoms with E-state index in [-0.39, 0.29) is 39.6 Å². The summed E-state index contributed by atoms with van der Waals surface area (Å²) in [7, 11) is -8.18. The molecule has 1 unspecified atom stereocenters. The smallest absolute Gasteiger partial charge is 0.360 e. The normalized spacial score (nSPS) is 15.7. The van der Waals surface area contributed by atoms with Gasteiger partial charge in [0.1, 0.15) is 5.76 Å². The van der Waals surface area contributed by atoms with Crippen LogP contribution in [0.25, 0.3) is 0 Å². The molecule has 0 saturated carbocycles. The van der Waals surface area contributed by atoms with Crippen LogP contribution in [0.15, 0.2) is 42.2 Å². The van der Waals surface area contributed by atoms with Crippen molar-refractivity contribution in [1.29, 1.82) is 0 Å². The SMILES string of the molecule is CCOP(=O)(OCC)C(N(Cc1ccccc1)C(CO)C1=CCCO1)P(=O)(OCC)OCC. The Hall–Kier alpha value is -1.02. The summed E-state index contributed by atoms with van der Waals surface area (Å²) in [6.07, 6.45) is 2.55. The van der Waals surface area contributed by atoms with Crippen LogP contribution >= 0.6 is 15.2 Å². The summed E-state index contributed by atoms with van der Waals surface area (Å²) in [5.41, 5.74) is -0.578. The van der Waals surface area contributed by atoms with Gasteiger partial charge in [-0.1, -0.05) is 30.3 Å². The van der Waals surface area contributed by atoms with E-state index in [1.807, 2.05) is 36.4 Å². The van der Waals surface area contributed by atoms with Gasteiger partial charge in [0.2, 0.25) is 5.52 Å². The average molecular weight is 505 g/mol. The van der Waals surface area contributed by atoms with E-state index in [9.17, 15) is 14.2 Å². The molecule has 0 amide bonds. The zero-order chi connectivity index (χ0) is 24.3. The van der Waals surface area contributed by atoms with Crippen LogP contribution in [0.3, 0.4) is 0 Å². The van der Waals surface area contributed by atoms with Gasteiger partial charge in [0.05, 0.1) is 45.7 Å². The van der Waals surface area contributed by atoms with Crippen molar-refractivity contribution in [3.63, 3.8) is 0 Å². The Morgan fingerprint density at radius 3 is 1.85 bits per heavy atom. The van der Waals surface area contributed by atoms with Gasteiger partial charge in [-0.15, -0.1) is 0 Å². The van der Waals surface area contributed by atoms with E-state index in [0.717, 1.165) is 5.56 Å². The molecule has 0 aromatic heterocycles. The molecule has 1 aromatic carbocycles. The molecule has 2 rings (SSSR count). The van der Waals surface area contributed by atoms with Crippen molar-refractivity contribution in [3.8, 4) is 0 Å². The van der Waals surface area contributed by atoms with Crippen molar-refractivity contribution in [1.82, 2.24) is 4.90 Å². The highest BCUT2D eigenvalue weighted by Gasteiger charge is 2.56. The van der Waals surface area contributed by atoms with Gasteiger partial charge in [-0.2, -0.15) is 0 Å². The molecule has 0 aliphatic carbocycles. The second-order valence-corrected chi connectivity index (χ2v) is 11.8. The van der Waals surface area contributed by atoms with E-state index < -0.39 is 26.8 Å². The number of ether oxygens (including phenoxy) is 1. The molecule has 33 heavy (non-hydrogen) atoms. The number of aliphatic hydroxyl groups excluding tert-OH is 1. The Bertz CT molecular complexity index is 785. The van der Waals surface area contributed by atoms with Crippen LogP contribution in [0.1, 0.15) is 39.7 Å². The van der Waals surface area contributed by atoms with Crippen molar-refractivity contribution >= 4 is 15.2 Å². The van der Waals surface area contributed by atoms with E-state index in [2.05, 4.69) is 0 Å². The summed E-state index contributed by atoms with van der Waals surface area (Å²) >= 11 is 0. The van der Waals surface area contributed by atoms with Crippen molar-refractivity contribution < 1.29 is 37.1 Å². The summed E-state index contributed by atoms with van der Waals surface area (Å²) in [6, 6.07) is 8.64. The number of hydrogen-bond donors (Lipinski definition) is 1. The molecular weight excluding hydrogens is 468 g/mol. The van der Waals surface area contributed by atoms with Gasteiger partial charge in [0.15, 0.2) is 0 Å². The van der Waals surface area contributed by atoms with E-state index in [4.69, 9.17) is 22.8 Å². The molecule has 1 heterocycles. The minimum Gasteiger partial charge on any atom is -0.496 e. The fraction of sp³-hybridized carbons (Fsp3) is 0.636. The first kappa shape index (κ1) is 28.2. The molecule has 0 spiro atoms. The molecule has 1 atom stereocenters. The summed E-state index contributed by atoms with van der Waals surface area (Å²) < 4.78 is 56.8. The van der Waals surface area contributed by atoms with Crippen LogP contribution in [0.4, 0.5) is 0 Å². The average Bonchev–Trinajstić information content (AvgIpc) is 3.30. The predicted molar refractivity (Wildman–Crippen MR) is 127 cm³/mol. The lowest BCUT2D eigenvalue weighted by Gasteiger charge is -2.42. The molecule has 0 saturated heterocycles. The molecule has 1 N–H and O–H groups in total. The maximum atomic E-state index is 14.2. The van der Waals surface area contributed by atoms with E-state index in [0.29, 0.717) is 18.8 Å². The molecule has 1 aliphatic heterocycles. The molecule has 9 nitrogen and oxygen atoms in total. The second-order valence-electron chi connectivity index (χ2n) is 7.20. The Morgan fingerprint density at radius 1 is 0.939 bits per heavy atom. The van der Waals surface area contributed by atoms with Gasteiger partial charge in [-0.3, -0.25) is 14.0 Å². The number of benzene rings is 1. The van der Waals surface area contributed by atoms with Crippen molar-refractivity contribution in [2.75, 3.05) is 39.6 Å². The summed E-state index contributed by atoms with van der Waals surface area (Å²) in [4.78, 5) is 1.63. The molecule has 1 aliphatic rings. The van der Waals surface area contributed by atoms with Gasteiger partial charge >= 0.3 is 15.2 Å². The highest BCUT2D eigenvalue weighted by molar-refractivity contribution is 7.72. The first-order valence-corrected chi connectivity index (χ1v) is 14.6. The molecular formula is C22H37NO8P2. The molecule has 0 fully saturated rings. The number of aliphatic hydroxyl groups is 1. The van der Waals surface area contributed by atoms with Crippen LogP contribution in [0, 0.1) is 0 Å². The van der Waals surface area contributed by atoms with Crippen LogP contribution < -0.4 is 0 Å². The lowest BCUT2D eigenvalue weighted by molar-refractivity contribution is 0.0716. The first-order valence-electron chi connectivity index (χ1n) is 11.4. The quantitative estimate of drug-likeness (QED) is 0.312. The van der Waals surface area contributed by atoms with E-state index in [1.165, 1.54) is 0 Å². The standard InChI is InChI=1S/C22H37NO8P2/c1-5-28-32(25,29-6-2)22(33(26,30-7-3)31-8-4)23(17-19-13-10-9-11-14-19)20(18-24)21-15-12-16-27-21/h9-11,13-15,20,22,24H,5-8,12,16-18H2,1-4H3. The van der Waals surface area contributed by atoms with E-state index in [1.54, 1.807) is 32.6 Å². The third kappa shape index (κ3) is 7.23. The Labute approximate surface area is 197 Å². The van der Waals surface area contributed by atoms with Gasteiger partial charge in [0.25, 0.3) is 0 Å². The highest BCUT2D eigenvalue weighted by atomic mass is 31.2. The van der Waals surface area contributed by atoms with Crippen molar-refractivity contribution in [2.45, 2.75) is 52.2 Å². The lowest BCUT2D eigenvalue weighted by atomic mass is 10.1. The van der Waals surface area contributed by atoms with Crippen LogP contribution in [0.2, 0.25) is 0 Å². The Morgan fingerprint density at radius 2 is 1.45 bits per heavy atom. The lowest BCUT2D eigenvalue weighted by Crippen LogP contribution is -2.46. The summed E-state index contributed by atoms with van der Waals surface area (Å²) in [5, 5.41) is 10.4. The largest absolute Gasteiger partial charge is 0.496 e. The highest BCUT2D eigenvalue weighted by Crippen LogP contribution is 2.71. The monoisotopic (exact) mass is 505 g/mol. The maximum absolute atomic E-state index is 14.2. The molecule has 188 valence electrons. The third-order valence-corrected chi connectivity index (χ3v) is 10.8. The maximum Gasteiger partial charge on any atom is 0.360 e. The van der Waals surface area contributed by atoms with E-state index >= 15 is 0 Å². The minimum atomic E-state index is -4.09. The van der Waals surface area contributed by atoms with Gasteiger partial charge in [0, 0.05) is 13.0 Å². The number of rotatable bonds is 16. The van der Waals surface area contributed by atoms with Gasteiger partial charge in [-0.05, 0) is 39.3 Å². The fourth-order valence-corrected chi connectivity index (χ4v) is 9.29. The van der Waals surface area contributed by atoms with Crippen LogP contribution in [-0.2, 0) is 38.5 Å². The Kier molecular flexibility index (Phi) is 11.8. The van der Waals surface area contributed by atoms with Crippen LogP contribution in [-0.4, -0.2) is 61.2 Å². The predicted octanol–water partition coefficient (Wildman–Crippen LogP) is 4.97. The number of hydrogen-bond acceptors (Lipinski definition) is 9. The topological polar surface area (TPSA) is 104 Å². The Balaban J connectivity index is 2.73. The van der Waals surface area contributed by atoms with Crippen LogP contribution in [0.5, 0.6) is 0 Å². The summed E-state index contributed by atoms with van der Waals surface area (Å²) in [6.45, 7) is 7.26.